The summed E-state index contributed by atoms with van der Waals surface area (Å²) in [5, 5.41) is 12.3. The third-order valence-electron chi connectivity index (χ3n) is 6.81. The number of likely N-dealkylation sites (tertiary alicyclic amines) is 1. The van der Waals surface area contributed by atoms with E-state index in [0.717, 1.165) is 27.6 Å². The summed E-state index contributed by atoms with van der Waals surface area (Å²) >= 11 is 0. The van der Waals surface area contributed by atoms with Crippen LogP contribution < -0.4 is 0 Å². The number of aryl methyl sites for hydroxylation is 3. The highest BCUT2D eigenvalue weighted by Gasteiger charge is 2.47. The number of carbonyl (C=O) groups excluding carboxylic acids is 2. The van der Waals surface area contributed by atoms with E-state index >= 15 is 0 Å². The van der Waals surface area contributed by atoms with Crippen molar-refractivity contribution in [2.24, 2.45) is 7.05 Å². The van der Waals surface area contributed by atoms with Gasteiger partial charge in [-0.15, -0.1) is 0 Å². The number of hydrogen-bond acceptors (Lipinski definition) is 3. The lowest BCUT2D eigenvalue weighted by atomic mass is 9.94. The first-order valence-corrected chi connectivity index (χ1v) is 11.4. The van der Waals surface area contributed by atoms with Crippen molar-refractivity contribution in [1.82, 2.24) is 9.47 Å². The quantitative estimate of drug-likeness (QED) is 0.242. The van der Waals surface area contributed by atoms with Gasteiger partial charge in [-0.2, -0.15) is 0 Å². The van der Waals surface area contributed by atoms with Gasteiger partial charge in [0.2, 0.25) is 0 Å². The number of aliphatic hydroxyl groups is 1. The second-order valence-corrected chi connectivity index (χ2v) is 9.06. The van der Waals surface area contributed by atoms with Crippen molar-refractivity contribution in [3.8, 4) is 0 Å². The van der Waals surface area contributed by atoms with E-state index < -0.39 is 17.7 Å². The van der Waals surface area contributed by atoms with Gasteiger partial charge in [0.1, 0.15) is 11.6 Å². The number of hydrogen-bond donors (Lipinski definition) is 1. The maximum absolute atomic E-state index is 13.5. The average Bonchev–Trinajstić information content (AvgIpc) is 3.30. The van der Waals surface area contributed by atoms with Gasteiger partial charge in [-0.05, 0) is 54.8 Å². The van der Waals surface area contributed by atoms with Crippen LogP contribution in [-0.4, -0.2) is 26.3 Å². The maximum Gasteiger partial charge on any atom is 0.295 e. The molecule has 1 aliphatic rings. The number of benzene rings is 3. The molecule has 4 aromatic rings. The van der Waals surface area contributed by atoms with E-state index in [1.807, 2.05) is 68.1 Å². The number of ketones is 1. The molecular weight excluding hydrogens is 443 g/mol. The number of para-hydroxylation sites is 1. The minimum Gasteiger partial charge on any atom is -0.507 e. The summed E-state index contributed by atoms with van der Waals surface area (Å²) < 4.78 is 15.4. The Hall–Kier alpha value is -4.19. The third-order valence-corrected chi connectivity index (χ3v) is 6.81. The number of fused-ring (bicyclic) bond motifs is 1. The molecule has 6 heteroatoms. The lowest BCUT2D eigenvalue weighted by Crippen LogP contribution is -2.29. The molecule has 176 valence electrons. The Kier molecular flexibility index (Phi) is 5.52. The third kappa shape index (κ3) is 3.81. The first-order chi connectivity index (χ1) is 16.8. The molecule has 2 heterocycles. The van der Waals surface area contributed by atoms with Crippen LogP contribution >= 0.6 is 0 Å². The summed E-state index contributed by atoms with van der Waals surface area (Å²) in [5.41, 5.74) is 4.94. The van der Waals surface area contributed by atoms with Gasteiger partial charge in [-0.25, -0.2) is 4.39 Å². The van der Waals surface area contributed by atoms with E-state index in [1.54, 1.807) is 18.2 Å². The van der Waals surface area contributed by atoms with Gasteiger partial charge in [0.15, 0.2) is 0 Å². The standard InChI is InChI=1S/C29H25FN2O3/c1-17-8-11-20(14-18(17)2)27(33)25-26(23-16-31(3)24-7-5-4-6-22(23)24)32(29(35)28(25)34)15-19-9-12-21(30)13-10-19/h4-14,16,26,33H,15H2,1-3H3/b27-25+. The average molecular weight is 469 g/mol. The summed E-state index contributed by atoms with van der Waals surface area (Å²) in [6.45, 7) is 4.00. The smallest absolute Gasteiger partial charge is 0.295 e. The highest BCUT2D eigenvalue weighted by molar-refractivity contribution is 6.46. The van der Waals surface area contributed by atoms with Crippen molar-refractivity contribution in [1.29, 1.82) is 0 Å². The predicted molar refractivity (Wildman–Crippen MR) is 133 cm³/mol. The van der Waals surface area contributed by atoms with Gasteiger partial charge in [0.05, 0.1) is 11.6 Å². The molecule has 3 aromatic carbocycles. The maximum atomic E-state index is 13.5. The van der Waals surface area contributed by atoms with Crippen LogP contribution in [0.5, 0.6) is 0 Å². The zero-order chi connectivity index (χ0) is 24.9. The van der Waals surface area contributed by atoms with Crippen LogP contribution in [-0.2, 0) is 23.2 Å². The van der Waals surface area contributed by atoms with Crippen LogP contribution in [0.3, 0.4) is 0 Å². The Morgan fingerprint density at radius 1 is 0.971 bits per heavy atom. The van der Waals surface area contributed by atoms with E-state index in [4.69, 9.17) is 0 Å². The number of amides is 1. The lowest BCUT2D eigenvalue weighted by molar-refractivity contribution is -0.140. The number of nitrogens with zero attached hydrogens (tertiary/aromatic N) is 2. The summed E-state index contributed by atoms with van der Waals surface area (Å²) in [6, 6.07) is 18.2. The van der Waals surface area contributed by atoms with E-state index in [1.165, 1.54) is 17.0 Å². The number of rotatable bonds is 4. The van der Waals surface area contributed by atoms with Gasteiger partial charge in [0.25, 0.3) is 11.7 Å². The van der Waals surface area contributed by atoms with Gasteiger partial charge >= 0.3 is 0 Å². The van der Waals surface area contributed by atoms with Gasteiger partial charge in [0, 0.05) is 41.8 Å². The number of aliphatic hydroxyl groups excluding tert-OH is 1. The Bertz CT molecular complexity index is 1510. The van der Waals surface area contributed by atoms with Crippen molar-refractivity contribution >= 4 is 28.4 Å². The van der Waals surface area contributed by atoms with E-state index in [2.05, 4.69) is 0 Å². The molecule has 0 aliphatic carbocycles. The summed E-state index contributed by atoms with van der Waals surface area (Å²) in [6.07, 6.45) is 1.90. The number of Topliss-reactive ketones (excluding diaryl/α,β-unsaturated/α-hetero) is 1. The second-order valence-electron chi connectivity index (χ2n) is 9.06. The van der Waals surface area contributed by atoms with Gasteiger partial charge in [-0.1, -0.05) is 42.5 Å². The van der Waals surface area contributed by atoms with Crippen LogP contribution in [0, 0.1) is 19.7 Å². The molecule has 1 aliphatic heterocycles. The molecule has 1 fully saturated rings. The highest BCUT2D eigenvalue weighted by atomic mass is 19.1. The molecule has 5 nitrogen and oxygen atoms in total. The summed E-state index contributed by atoms with van der Waals surface area (Å²) in [4.78, 5) is 28.2. The van der Waals surface area contributed by atoms with Crippen molar-refractivity contribution in [3.05, 3.63) is 112 Å². The Balaban J connectivity index is 1.73. The zero-order valence-electron chi connectivity index (χ0n) is 19.7. The SMILES string of the molecule is Cc1ccc(/C(O)=C2\C(=O)C(=O)N(Cc3ccc(F)cc3)C2c2cn(C)c3ccccc23)cc1C. The fourth-order valence-corrected chi connectivity index (χ4v) is 4.79. The van der Waals surface area contributed by atoms with E-state index in [0.29, 0.717) is 11.1 Å². The zero-order valence-corrected chi connectivity index (χ0v) is 19.7. The molecule has 1 amide bonds. The number of halogens is 1. The topological polar surface area (TPSA) is 62.5 Å². The normalized spacial score (nSPS) is 17.5. The molecular formula is C29H25FN2O3. The monoisotopic (exact) mass is 468 g/mol. The van der Waals surface area contributed by atoms with Crippen LogP contribution in [0.4, 0.5) is 4.39 Å². The van der Waals surface area contributed by atoms with Gasteiger partial charge < -0.3 is 14.6 Å². The molecule has 0 bridgehead atoms. The Labute approximate surface area is 202 Å². The summed E-state index contributed by atoms with van der Waals surface area (Å²) in [7, 11) is 1.90. The fraction of sp³-hybridized carbons (Fsp3) is 0.172. The lowest BCUT2D eigenvalue weighted by Gasteiger charge is -2.25. The molecule has 1 atom stereocenters. The van der Waals surface area contributed by atoms with Crippen molar-refractivity contribution in [2.75, 3.05) is 0 Å². The molecule has 35 heavy (non-hydrogen) atoms. The van der Waals surface area contributed by atoms with Crippen molar-refractivity contribution < 1.29 is 19.1 Å². The molecule has 1 unspecified atom stereocenters. The van der Waals surface area contributed by atoms with Crippen LogP contribution in [0.1, 0.15) is 33.9 Å². The van der Waals surface area contributed by atoms with Gasteiger partial charge in [-0.3, -0.25) is 9.59 Å². The largest absolute Gasteiger partial charge is 0.507 e. The van der Waals surface area contributed by atoms with Crippen LogP contribution in [0.2, 0.25) is 0 Å². The molecule has 0 saturated carbocycles. The van der Waals surface area contributed by atoms with E-state index in [9.17, 15) is 19.1 Å². The molecule has 1 saturated heterocycles. The molecule has 5 rings (SSSR count). The molecule has 0 spiro atoms. The minimum atomic E-state index is -0.798. The van der Waals surface area contributed by atoms with Crippen LogP contribution in [0.15, 0.2) is 78.5 Å². The van der Waals surface area contributed by atoms with Crippen molar-refractivity contribution in [3.63, 3.8) is 0 Å². The Morgan fingerprint density at radius 3 is 2.40 bits per heavy atom. The molecule has 1 N–H and O–H groups in total. The summed E-state index contributed by atoms with van der Waals surface area (Å²) in [5.74, 6) is -2.01. The first-order valence-electron chi connectivity index (χ1n) is 11.4. The Morgan fingerprint density at radius 2 is 1.69 bits per heavy atom. The van der Waals surface area contributed by atoms with Crippen molar-refractivity contribution in [2.45, 2.75) is 26.4 Å². The fourth-order valence-electron chi connectivity index (χ4n) is 4.79. The van der Waals surface area contributed by atoms with E-state index in [-0.39, 0.29) is 23.7 Å². The second kappa shape index (κ2) is 8.55. The first kappa shape index (κ1) is 22.6. The highest BCUT2D eigenvalue weighted by Crippen LogP contribution is 2.43. The number of aromatic nitrogens is 1. The van der Waals surface area contributed by atoms with Crippen LogP contribution in [0.25, 0.3) is 16.7 Å². The molecule has 0 radical (unpaired) electrons. The minimum absolute atomic E-state index is 0.0525. The predicted octanol–water partition coefficient (Wildman–Crippen LogP) is 5.56. The number of carbonyl (C=O) groups is 2. The molecule has 1 aromatic heterocycles.